The lowest BCUT2D eigenvalue weighted by Crippen LogP contribution is -2.26. The highest BCUT2D eigenvalue weighted by Gasteiger charge is 2.17. The zero-order valence-electron chi connectivity index (χ0n) is 16.0. The van der Waals surface area contributed by atoms with Gasteiger partial charge in [0.15, 0.2) is 0 Å². The van der Waals surface area contributed by atoms with Crippen LogP contribution in [0.1, 0.15) is 45.0 Å². The summed E-state index contributed by atoms with van der Waals surface area (Å²) in [5.74, 6) is -0.639. The van der Waals surface area contributed by atoms with Crippen molar-refractivity contribution < 1.29 is 15.0 Å². The minimum absolute atomic E-state index is 0.102. The molecule has 0 bridgehead atoms. The van der Waals surface area contributed by atoms with E-state index in [2.05, 4.69) is 28.8 Å². The van der Waals surface area contributed by atoms with Gasteiger partial charge in [-0.2, -0.15) is 0 Å². The van der Waals surface area contributed by atoms with Gasteiger partial charge in [0.05, 0.1) is 10.0 Å². The fraction of sp³-hybridized carbons (Fsp3) is 0.350. The third-order valence-corrected chi connectivity index (χ3v) is 3.23. The number of rotatable bonds is 3. The Labute approximate surface area is 161 Å². The van der Waals surface area contributed by atoms with Crippen LogP contribution < -0.4 is 0 Å². The van der Waals surface area contributed by atoms with Crippen molar-refractivity contribution in [3.05, 3.63) is 46.5 Å². The van der Waals surface area contributed by atoms with E-state index in [9.17, 15) is 15.0 Å². The number of carbonyl (C=O) groups is 1. The number of aromatic hydroxyl groups is 2. The van der Waals surface area contributed by atoms with Gasteiger partial charge in [0.2, 0.25) is 0 Å². The third kappa shape index (κ3) is 11.9. The molecule has 1 aromatic rings. The number of phenolic OH excluding ortho intramolecular Hbond substituents is 2. The second kappa shape index (κ2) is 18.2. The molecule has 0 atom stereocenters. The Kier molecular flexibility index (Phi) is 20.1. The van der Waals surface area contributed by atoms with E-state index in [1.807, 2.05) is 58.9 Å². The van der Waals surface area contributed by atoms with Crippen LogP contribution >= 0.6 is 15.9 Å². The zero-order valence-corrected chi connectivity index (χ0v) is 17.5. The van der Waals surface area contributed by atoms with Gasteiger partial charge in [0.1, 0.15) is 11.5 Å². The quantitative estimate of drug-likeness (QED) is 0.519. The van der Waals surface area contributed by atoms with Gasteiger partial charge < -0.3 is 15.1 Å². The summed E-state index contributed by atoms with van der Waals surface area (Å²) in [7, 11) is 1.64. The molecule has 1 rings (SSSR count). The molecule has 0 saturated carbocycles. The SMILES string of the molecule is C#C.C/C=C/CN(C)C(=O)c1cc(Br)c(O)cc1O.C/C=C\C.CC. The van der Waals surface area contributed by atoms with E-state index >= 15 is 0 Å². The van der Waals surface area contributed by atoms with E-state index in [-0.39, 0.29) is 23.0 Å². The predicted molar refractivity (Wildman–Crippen MR) is 111 cm³/mol. The molecule has 0 unspecified atom stereocenters. The van der Waals surface area contributed by atoms with Crippen molar-refractivity contribution in [3.63, 3.8) is 0 Å². The summed E-state index contributed by atoms with van der Waals surface area (Å²) in [4.78, 5) is 13.4. The Hall–Kier alpha value is -2.19. The van der Waals surface area contributed by atoms with Gasteiger partial charge in [-0.3, -0.25) is 4.79 Å². The number of hydrogen-bond acceptors (Lipinski definition) is 3. The molecule has 140 valence electrons. The van der Waals surface area contributed by atoms with E-state index < -0.39 is 0 Å². The maximum atomic E-state index is 12.0. The second-order valence-electron chi connectivity index (χ2n) is 4.24. The van der Waals surface area contributed by atoms with Crippen molar-refractivity contribution in [2.45, 2.75) is 34.6 Å². The van der Waals surface area contributed by atoms with Gasteiger partial charge in [-0.25, -0.2) is 0 Å². The molecule has 0 aliphatic rings. The number of nitrogens with zero attached hydrogens (tertiary/aromatic N) is 1. The molecule has 0 aliphatic carbocycles. The maximum Gasteiger partial charge on any atom is 0.257 e. The number of benzene rings is 1. The summed E-state index contributed by atoms with van der Waals surface area (Å²) in [5, 5.41) is 19.0. The van der Waals surface area contributed by atoms with Crippen molar-refractivity contribution in [2.75, 3.05) is 13.6 Å². The smallest absolute Gasteiger partial charge is 0.257 e. The lowest BCUT2D eigenvalue weighted by Gasteiger charge is -2.16. The summed E-state index contributed by atoms with van der Waals surface area (Å²) in [5.41, 5.74) is 0.154. The third-order valence-electron chi connectivity index (χ3n) is 2.59. The summed E-state index contributed by atoms with van der Waals surface area (Å²) >= 11 is 3.10. The summed E-state index contributed by atoms with van der Waals surface area (Å²) < 4.78 is 0.373. The van der Waals surface area contributed by atoms with E-state index in [0.717, 1.165) is 6.07 Å². The van der Waals surface area contributed by atoms with Crippen LogP contribution in [0.25, 0.3) is 0 Å². The molecule has 0 spiro atoms. The minimum atomic E-state index is -0.304. The lowest BCUT2D eigenvalue weighted by molar-refractivity contribution is 0.0807. The van der Waals surface area contributed by atoms with Gasteiger partial charge >= 0.3 is 0 Å². The number of amides is 1. The molecule has 1 aromatic carbocycles. The highest BCUT2D eigenvalue weighted by molar-refractivity contribution is 9.10. The number of carbonyl (C=O) groups excluding carboxylic acids is 1. The molecule has 0 aromatic heterocycles. The normalized spacial score (nSPS) is 9.16. The largest absolute Gasteiger partial charge is 0.507 e. The Morgan fingerprint density at radius 1 is 1.08 bits per heavy atom. The van der Waals surface area contributed by atoms with Crippen LogP contribution in [0.5, 0.6) is 11.5 Å². The van der Waals surface area contributed by atoms with Crippen molar-refractivity contribution in [1.82, 2.24) is 4.90 Å². The van der Waals surface area contributed by atoms with Crippen LogP contribution in [-0.2, 0) is 0 Å². The summed E-state index contributed by atoms with van der Waals surface area (Å²) in [6, 6.07) is 2.54. The highest BCUT2D eigenvalue weighted by Crippen LogP contribution is 2.31. The molecule has 4 nitrogen and oxygen atoms in total. The minimum Gasteiger partial charge on any atom is -0.507 e. The number of terminal acetylenes is 1. The first-order chi connectivity index (χ1) is 11.9. The Balaban J connectivity index is -0.000000518. The van der Waals surface area contributed by atoms with Crippen LogP contribution in [0.4, 0.5) is 0 Å². The van der Waals surface area contributed by atoms with Gasteiger partial charge in [0, 0.05) is 19.7 Å². The highest BCUT2D eigenvalue weighted by atomic mass is 79.9. The van der Waals surface area contributed by atoms with Crippen molar-refractivity contribution in [2.24, 2.45) is 0 Å². The number of halogens is 1. The molecule has 0 radical (unpaired) electrons. The molecular formula is C20H30BrNO3. The maximum absolute atomic E-state index is 12.0. The Morgan fingerprint density at radius 2 is 1.56 bits per heavy atom. The number of hydrogen-bond donors (Lipinski definition) is 2. The van der Waals surface area contributed by atoms with Gasteiger partial charge in [0.25, 0.3) is 5.91 Å². The van der Waals surface area contributed by atoms with Gasteiger partial charge in [-0.1, -0.05) is 38.2 Å². The number of likely N-dealkylation sites (N-methyl/N-ethyl adjacent to an activating group) is 1. The molecule has 5 heteroatoms. The Morgan fingerprint density at radius 3 is 1.96 bits per heavy atom. The average Bonchev–Trinajstić information content (AvgIpc) is 2.65. The van der Waals surface area contributed by atoms with Crippen LogP contribution in [-0.4, -0.2) is 34.6 Å². The molecule has 1 amide bonds. The summed E-state index contributed by atoms with van der Waals surface area (Å²) in [6.07, 6.45) is 15.7. The van der Waals surface area contributed by atoms with Gasteiger partial charge in [-0.05, 0) is 42.8 Å². The van der Waals surface area contributed by atoms with E-state index in [1.54, 1.807) is 7.05 Å². The van der Waals surface area contributed by atoms with E-state index in [4.69, 9.17) is 0 Å². The molecule has 25 heavy (non-hydrogen) atoms. The van der Waals surface area contributed by atoms with Crippen molar-refractivity contribution in [1.29, 1.82) is 0 Å². The molecule has 0 heterocycles. The van der Waals surface area contributed by atoms with Crippen LogP contribution in [0.3, 0.4) is 0 Å². The molecule has 0 saturated heterocycles. The first-order valence-electron chi connectivity index (χ1n) is 7.87. The van der Waals surface area contributed by atoms with Gasteiger partial charge in [-0.15, -0.1) is 12.8 Å². The Bertz CT molecular complexity index is 560. The number of phenols is 2. The van der Waals surface area contributed by atoms with Crippen molar-refractivity contribution in [3.8, 4) is 24.3 Å². The molecule has 2 N–H and O–H groups in total. The first kappa shape index (κ1) is 27.6. The first-order valence-corrected chi connectivity index (χ1v) is 8.67. The van der Waals surface area contributed by atoms with Crippen LogP contribution in [0.2, 0.25) is 0 Å². The van der Waals surface area contributed by atoms with Crippen molar-refractivity contribution >= 4 is 21.8 Å². The van der Waals surface area contributed by atoms with E-state index in [1.165, 1.54) is 11.0 Å². The van der Waals surface area contributed by atoms with Crippen LogP contribution in [0.15, 0.2) is 40.9 Å². The molecule has 0 aliphatic heterocycles. The fourth-order valence-corrected chi connectivity index (χ4v) is 1.62. The monoisotopic (exact) mass is 411 g/mol. The lowest BCUT2D eigenvalue weighted by atomic mass is 10.1. The van der Waals surface area contributed by atoms with E-state index in [0.29, 0.717) is 11.0 Å². The average molecular weight is 412 g/mol. The molecular weight excluding hydrogens is 382 g/mol. The summed E-state index contributed by atoms with van der Waals surface area (Å²) in [6.45, 7) is 10.3. The zero-order chi connectivity index (χ0) is 20.4. The standard InChI is InChI=1S/C12H14BrNO3.C4H8.C2H6.C2H2/c1-3-4-5-14(2)12(17)8-6-9(13)11(16)7-10(8)15;1-3-4-2;2*1-2/h3-4,6-7,15-16H,5H2,1-2H3;3-4H,1-2H3;1-2H3;1-2H/b4-3+;4-3-;;. The van der Waals surface area contributed by atoms with Crippen LogP contribution in [0, 0.1) is 12.8 Å². The predicted octanol–water partition coefficient (Wildman–Crippen LogP) is 5.37. The molecule has 0 fully saturated rings. The second-order valence-corrected chi connectivity index (χ2v) is 5.10. The topological polar surface area (TPSA) is 60.8 Å². The fourth-order valence-electron chi connectivity index (χ4n) is 1.27. The number of allylic oxidation sites excluding steroid dienone is 3.